The molecule has 0 saturated carbocycles. The molecule has 4 nitrogen and oxygen atoms in total. The summed E-state index contributed by atoms with van der Waals surface area (Å²) in [5, 5.41) is 4.04. The van der Waals surface area contributed by atoms with Gasteiger partial charge in [0.15, 0.2) is 0 Å². The lowest BCUT2D eigenvalue weighted by Gasteiger charge is -2.38. The van der Waals surface area contributed by atoms with Crippen molar-refractivity contribution in [2.75, 3.05) is 6.54 Å². The molecule has 1 aromatic heterocycles. The minimum absolute atomic E-state index is 0.0605. The first-order chi connectivity index (χ1) is 13.8. The molecule has 0 aliphatic carbocycles. The second-order valence-corrected chi connectivity index (χ2v) is 9.45. The third-order valence-electron chi connectivity index (χ3n) is 5.56. The first kappa shape index (κ1) is 21.8. The highest BCUT2D eigenvalue weighted by atomic mass is 35.5. The Bertz CT molecular complexity index is 803. The predicted octanol–water partition coefficient (Wildman–Crippen LogP) is 5.38. The van der Waals surface area contributed by atoms with E-state index in [0.717, 1.165) is 36.6 Å². The summed E-state index contributed by atoms with van der Waals surface area (Å²) >= 11 is 6.19. The third kappa shape index (κ3) is 6.28. The van der Waals surface area contributed by atoms with E-state index >= 15 is 0 Å². The molecule has 156 valence electrons. The van der Waals surface area contributed by atoms with Crippen molar-refractivity contribution in [2.24, 2.45) is 5.41 Å². The largest absolute Gasteiger partial charge is 0.347 e. The van der Waals surface area contributed by atoms with E-state index in [1.54, 1.807) is 6.20 Å². The van der Waals surface area contributed by atoms with Crippen molar-refractivity contribution in [1.29, 1.82) is 0 Å². The molecule has 1 N–H and O–H groups in total. The quantitative estimate of drug-likeness (QED) is 0.691. The fourth-order valence-electron chi connectivity index (χ4n) is 3.89. The molecule has 29 heavy (non-hydrogen) atoms. The molecule has 0 radical (unpaired) electrons. The van der Waals surface area contributed by atoms with Crippen molar-refractivity contribution in [3.05, 3.63) is 64.9 Å². The Labute approximate surface area is 179 Å². The Morgan fingerprint density at radius 2 is 2.07 bits per heavy atom. The molecule has 2 atom stereocenters. The maximum Gasteiger partial charge on any atom is 0.225 e. The van der Waals surface area contributed by atoms with Gasteiger partial charge in [-0.05, 0) is 55.6 Å². The van der Waals surface area contributed by atoms with Gasteiger partial charge in [-0.15, -0.1) is 0 Å². The van der Waals surface area contributed by atoms with Crippen LogP contribution in [0.4, 0.5) is 0 Å². The number of carbonyl (C=O) groups is 1. The van der Waals surface area contributed by atoms with Gasteiger partial charge < -0.3 is 5.32 Å². The van der Waals surface area contributed by atoms with Gasteiger partial charge in [0.1, 0.15) is 0 Å². The Morgan fingerprint density at radius 1 is 1.24 bits per heavy atom. The van der Waals surface area contributed by atoms with Gasteiger partial charge >= 0.3 is 0 Å². The van der Waals surface area contributed by atoms with Crippen molar-refractivity contribution in [3.8, 4) is 0 Å². The van der Waals surface area contributed by atoms with Gasteiger partial charge in [-0.2, -0.15) is 0 Å². The number of rotatable bonds is 6. The first-order valence-corrected chi connectivity index (χ1v) is 10.9. The predicted molar refractivity (Wildman–Crippen MR) is 119 cm³/mol. The number of halogens is 1. The molecular formula is C24H32ClN3O. The van der Waals surface area contributed by atoms with Crippen LogP contribution in [0.1, 0.15) is 63.8 Å². The maximum atomic E-state index is 12.7. The molecule has 0 bridgehead atoms. The Hall–Kier alpha value is -1.91. The van der Waals surface area contributed by atoms with E-state index in [1.165, 1.54) is 18.4 Å². The average molecular weight is 414 g/mol. The van der Waals surface area contributed by atoms with Gasteiger partial charge in [0, 0.05) is 29.2 Å². The molecule has 3 rings (SSSR count). The number of nitrogens with zero attached hydrogens (tertiary/aromatic N) is 2. The summed E-state index contributed by atoms with van der Waals surface area (Å²) in [6.45, 7) is 7.80. The molecule has 1 saturated heterocycles. The van der Waals surface area contributed by atoms with Crippen molar-refractivity contribution >= 4 is 17.5 Å². The topological polar surface area (TPSA) is 45.2 Å². The molecule has 1 amide bonds. The number of likely N-dealkylation sites (tertiary alicyclic amines) is 1. The molecule has 1 fully saturated rings. The van der Waals surface area contributed by atoms with Crippen LogP contribution in [-0.4, -0.2) is 28.4 Å². The van der Waals surface area contributed by atoms with Gasteiger partial charge in [-0.1, -0.05) is 57.0 Å². The molecule has 1 aliphatic rings. The van der Waals surface area contributed by atoms with Crippen LogP contribution in [0.15, 0.2) is 48.7 Å². The van der Waals surface area contributed by atoms with Crippen molar-refractivity contribution < 1.29 is 4.79 Å². The molecule has 0 spiro atoms. The smallest absolute Gasteiger partial charge is 0.225 e. The van der Waals surface area contributed by atoms with Crippen LogP contribution in [0.25, 0.3) is 0 Å². The van der Waals surface area contributed by atoms with Gasteiger partial charge in [-0.3, -0.25) is 14.7 Å². The second-order valence-electron chi connectivity index (χ2n) is 9.02. The van der Waals surface area contributed by atoms with E-state index in [-0.39, 0.29) is 11.9 Å². The molecule has 2 heterocycles. The van der Waals surface area contributed by atoms with Crippen LogP contribution in [0.3, 0.4) is 0 Å². The lowest BCUT2D eigenvalue weighted by atomic mass is 9.91. The highest BCUT2D eigenvalue weighted by Crippen LogP contribution is 2.29. The molecule has 0 unspecified atom stereocenters. The number of benzene rings is 1. The van der Waals surface area contributed by atoms with Crippen LogP contribution in [0, 0.1) is 5.41 Å². The minimum Gasteiger partial charge on any atom is -0.347 e. The number of hydrogen-bond donors (Lipinski definition) is 1. The zero-order valence-electron chi connectivity index (χ0n) is 17.7. The number of amides is 1. The zero-order chi connectivity index (χ0) is 20.9. The summed E-state index contributed by atoms with van der Waals surface area (Å²) < 4.78 is 0. The van der Waals surface area contributed by atoms with Crippen molar-refractivity contribution in [2.45, 2.75) is 65.1 Å². The zero-order valence-corrected chi connectivity index (χ0v) is 18.5. The normalized spacial score (nSPS) is 19.0. The van der Waals surface area contributed by atoms with Gasteiger partial charge in [0.2, 0.25) is 5.91 Å². The molecular weight excluding hydrogens is 382 g/mol. The number of pyridine rings is 1. The Morgan fingerprint density at radius 3 is 2.76 bits per heavy atom. The summed E-state index contributed by atoms with van der Waals surface area (Å²) in [6.07, 6.45) is 6.23. The lowest BCUT2D eigenvalue weighted by Crippen LogP contribution is -2.44. The molecule has 5 heteroatoms. The number of piperidine rings is 1. The second kappa shape index (κ2) is 9.73. The molecule has 2 aromatic rings. The fourth-order valence-corrected chi connectivity index (χ4v) is 4.10. The summed E-state index contributed by atoms with van der Waals surface area (Å²) in [6, 6.07) is 14.3. The summed E-state index contributed by atoms with van der Waals surface area (Å²) in [5.41, 5.74) is 1.73. The maximum absolute atomic E-state index is 12.7. The number of nitrogens with one attached hydrogen (secondary N) is 1. The minimum atomic E-state index is -0.430. The van der Waals surface area contributed by atoms with Crippen LogP contribution in [0.2, 0.25) is 5.02 Å². The van der Waals surface area contributed by atoms with E-state index in [2.05, 4.69) is 21.3 Å². The lowest BCUT2D eigenvalue weighted by molar-refractivity contribution is -0.129. The first-order valence-electron chi connectivity index (χ1n) is 10.5. The summed E-state index contributed by atoms with van der Waals surface area (Å²) in [7, 11) is 0. The van der Waals surface area contributed by atoms with Crippen LogP contribution >= 0.6 is 11.6 Å². The van der Waals surface area contributed by atoms with E-state index in [1.807, 2.05) is 57.2 Å². The van der Waals surface area contributed by atoms with Gasteiger partial charge in [-0.25, -0.2) is 0 Å². The van der Waals surface area contributed by atoms with E-state index in [0.29, 0.717) is 6.04 Å². The molecule has 1 aliphatic heterocycles. The number of aromatic nitrogens is 1. The number of carbonyl (C=O) groups excluding carboxylic acids is 1. The Balaban J connectivity index is 1.77. The average Bonchev–Trinajstić information content (AvgIpc) is 2.69. The Kier molecular flexibility index (Phi) is 7.31. The summed E-state index contributed by atoms with van der Waals surface area (Å²) in [5.74, 6) is 0.0605. The van der Waals surface area contributed by atoms with Crippen LogP contribution in [-0.2, 0) is 11.3 Å². The van der Waals surface area contributed by atoms with Crippen LogP contribution < -0.4 is 5.32 Å². The SMILES string of the molecule is CC(C)(C)C(=O)N[C@@H](C[C@H]1CCCCN1Cc1cccc(Cl)c1)c1ccccn1. The highest BCUT2D eigenvalue weighted by molar-refractivity contribution is 6.30. The monoisotopic (exact) mass is 413 g/mol. The van der Waals surface area contributed by atoms with E-state index in [4.69, 9.17) is 11.6 Å². The third-order valence-corrected chi connectivity index (χ3v) is 5.80. The van der Waals surface area contributed by atoms with Crippen LogP contribution in [0.5, 0.6) is 0 Å². The van der Waals surface area contributed by atoms with E-state index in [9.17, 15) is 4.79 Å². The van der Waals surface area contributed by atoms with E-state index < -0.39 is 5.41 Å². The van der Waals surface area contributed by atoms with Crippen molar-refractivity contribution in [3.63, 3.8) is 0 Å². The fraction of sp³-hybridized carbons (Fsp3) is 0.500. The highest BCUT2D eigenvalue weighted by Gasteiger charge is 2.30. The standard InChI is InChI=1S/C24H32ClN3O/c1-24(2,3)23(29)27-22(21-12-4-6-13-26-21)16-20-11-5-7-14-28(20)17-18-9-8-10-19(25)15-18/h4,6,8-10,12-13,15,20,22H,5,7,11,14,16-17H2,1-3H3,(H,27,29)/t20-,22+/m1/s1. The van der Waals surface area contributed by atoms with Gasteiger partial charge in [0.05, 0.1) is 11.7 Å². The van der Waals surface area contributed by atoms with Gasteiger partial charge in [0.25, 0.3) is 0 Å². The number of hydrogen-bond acceptors (Lipinski definition) is 3. The van der Waals surface area contributed by atoms with Crippen molar-refractivity contribution in [1.82, 2.24) is 15.2 Å². The summed E-state index contributed by atoms with van der Waals surface area (Å²) in [4.78, 5) is 19.8. The molecule has 1 aromatic carbocycles.